The van der Waals surface area contributed by atoms with Crippen LogP contribution in [0.4, 0.5) is 5.69 Å². The summed E-state index contributed by atoms with van der Waals surface area (Å²) >= 11 is 10.8. The Balaban J connectivity index is 2.02. The van der Waals surface area contributed by atoms with Crippen LogP contribution in [0.3, 0.4) is 0 Å². The van der Waals surface area contributed by atoms with E-state index in [0.717, 1.165) is 5.69 Å². The van der Waals surface area contributed by atoms with Crippen molar-refractivity contribution in [2.45, 2.75) is 25.6 Å². The predicted molar refractivity (Wildman–Crippen MR) is 80.1 cm³/mol. The van der Waals surface area contributed by atoms with Crippen molar-refractivity contribution in [3.05, 3.63) is 30.3 Å². The van der Waals surface area contributed by atoms with Gasteiger partial charge in [0.2, 0.25) is 0 Å². The van der Waals surface area contributed by atoms with Gasteiger partial charge in [0, 0.05) is 0 Å². The van der Waals surface area contributed by atoms with Crippen LogP contribution in [0.1, 0.15) is 13.8 Å². The lowest BCUT2D eigenvalue weighted by Gasteiger charge is -2.28. The van der Waals surface area contributed by atoms with Crippen molar-refractivity contribution in [3.63, 3.8) is 0 Å². The number of para-hydroxylation sites is 1. The van der Waals surface area contributed by atoms with Gasteiger partial charge in [-0.1, -0.05) is 18.2 Å². The van der Waals surface area contributed by atoms with E-state index < -0.39 is 0 Å². The molecular weight excluding hydrogens is 264 g/mol. The first-order valence-electron chi connectivity index (χ1n) is 5.78. The number of hydrogen-bond acceptors (Lipinski definition) is 2. The summed E-state index contributed by atoms with van der Waals surface area (Å²) in [7, 11) is 0. The maximum Gasteiger partial charge on any atom is 0.194 e. The van der Waals surface area contributed by atoms with Crippen molar-refractivity contribution in [3.8, 4) is 0 Å². The lowest BCUT2D eigenvalue weighted by atomic mass is 10.0. The summed E-state index contributed by atoms with van der Waals surface area (Å²) in [5.74, 6) is 0. The van der Waals surface area contributed by atoms with E-state index in [9.17, 15) is 0 Å². The van der Waals surface area contributed by atoms with Crippen LogP contribution in [0, 0.1) is 0 Å². The Morgan fingerprint density at radius 3 is 2.44 bits per heavy atom. The average molecular weight is 278 g/mol. The molecule has 0 spiro atoms. The van der Waals surface area contributed by atoms with Gasteiger partial charge in [-0.05, 0) is 50.4 Å². The Morgan fingerprint density at radius 1 is 1.11 bits per heavy atom. The van der Waals surface area contributed by atoms with Crippen LogP contribution in [0.5, 0.6) is 0 Å². The molecule has 2 fully saturated rings. The van der Waals surface area contributed by atoms with Crippen molar-refractivity contribution in [1.29, 1.82) is 0 Å². The first kappa shape index (κ1) is 11.7. The molecule has 1 aromatic rings. The van der Waals surface area contributed by atoms with Gasteiger partial charge in [0.1, 0.15) is 6.17 Å². The third-order valence-corrected chi connectivity index (χ3v) is 3.81. The van der Waals surface area contributed by atoms with Crippen molar-refractivity contribution in [1.82, 2.24) is 15.6 Å². The molecule has 94 valence electrons. The number of thiocarbonyl (C=S) groups is 2. The molecule has 1 unspecified atom stereocenters. The summed E-state index contributed by atoms with van der Waals surface area (Å²) < 4.78 is 0. The Morgan fingerprint density at radius 2 is 1.78 bits per heavy atom. The highest BCUT2D eigenvalue weighted by atomic mass is 32.1. The van der Waals surface area contributed by atoms with E-state index in [1.54, 1.807) is 0 Å². The van der Waals surface area contributed by atoms with E-state index >= 15 is 0 Å². The van der Waals surface area contributed by atoms with Gasteiger partial charge >= 0.3 is 0 Å². The molecule has 1 atom stereocenters. The van der Waals surface area contributed by atoms with Crippen LogP contribution in [0.2, 0.25) is 0 Å². The summed E-state index contributed by atoms with van der Waals surface area (Å²) in [6.07, 6.45) is 0.0534. The Kier molecular flexibility index (Phi) is 2.46. The zero-order valence-electron chi connectivity index (χ0n) is 10.2. The highest BCUT2D eigenvalue weighted by Crippen LogP contribution is 2.31. The zero-order chi connectivity index (χ0) is 12.9. The second kappa shape index (κ2) is 3.80. The van der Waals surface area contributed by atoms with Crippen LogP contribution in [0.25, 0.3) is 0 Å². The third-order valence-electron chi connectivity index (χ3n) is 3.23. The molecule has 18 heavy (non-hydrogen) atoms. The van der Waals surface area contributed by atoms with Gasteiger partial charge in [-0.25, -0.2) is 10.0 Å². The van der Waals surface area contributed by atoms with Crippen LogP contribution in [-0.2, 0) is 0 Å². The van der Waals surface area contributed by atoms with E-state index in [-0.39, 0.29) is 11.7 Å². The molecule has 2 saturated heterocycles. The van der Waals surface area contributed by atoms with Gasteiger partial charge in [0.15, 0.2) is 10.2 Å². The summed E-state index contributed by atoms with van der Waals surface area (Å²) in [4.78, 5) is 0. The molecule has 4 nitrogen and oxygen atoms in total. The fourth-order valence-corrected chi connectivity index (χ4v) is 3.11. The first-order valence-corrected chi connectivity index (χ1v) is 6.59. The molecule has 0 aliphatic carbocycles. The smallest absolute Gasteiger partial charge is 0.194 e. The van der Waals surface area contributed by atoms with Crippen LogP contribution in [-0.4, -0.2) is 26.9 Å². The monoisotopic (exact) mass is 278 g/mol. The van der Waals surface area contributed by atoms with Gasteiger partial charge in [-0.3, -0.25) is 0 Å². The maximum absolute atomic E-state index is 5.42. The minimum atomic E-state index is -0.148. The highest BCUT2D eigenvalue weighted by molar-refractivity contribution is 7.81. The first-order chi connectivity index (χ1) is 8.50. The Hall–Kier alpha value is -1.40. The average Bonchev–Trinajstić information content (AvgIpc) is 2.77. The Labute approximate surface area is 117 Å². The highest BCUT2D eigenvalue weighted by Gasteiger charge is 2.51. The molecule has 6 heteroatoms. The fourth-order valence-electron chi connectivity index (χ4n) is 2.36. The molecule has 2 aliphatic rings. The second-order valence-electron chi connectivity index (χ2n) is 5.00. The van der Waals surface area contributed by atoms with E-state index in [1.165, 1.54) is 0 Å². The maximum atomic E-state index is 5.42. The van der Waals surface area contributed by atoms with Crippen molar-refractivity contribution in [2.75, 3.05) is 5.01 Å². The lowest BCUT2D eigenvalue weighted by molar-refractivity contribution is 0.280. The zero-order valence-corrected chi connectivity index (χ0v) is 11.8. The second-order valence-corrected chi connectivity index (χ2v) is 5.77. The molecule has 2 heterocycles. The van der Waals surface area contributed by atoms with Gasteiger partial charge in [0.25, 0.3) is 0 Å². The van der Waals surface area contributed by atoms with Crippen LogP contribution in [0.15, 0.2) is 30.3 Å². The standard InChI is InChI=1S/C12H14N4S2/c1-12(2)9-13-10(17)15(16(9)11(18)14-12)8-6-4-3-5-7-8/h3-7,9H,1-2H3,(H,13,17)(H,14,18). The van der Waals surface area contributed by atoms with Gasteiger partial charge in [-0.2, -0.15) is 0 Å². The fraction of sp³-hybridized carbons (Fsp3) is 0.333. The minimum absolute atomic E-state index is 0.0534. The molecule has 0 saturated carbocycles. The number of hydrogen-bond donors (Lipinski definition) is 2. The quantitative estimate of drug-likeness (QED) is 0.759. The number of benzene rings is 1. The number of hydrazine groups is 1. The van der Waals surface area contributed by atoms with Crippen LogP contribution < -0.4 is 15.6 Å². The van der Waals surface area contributed by atoms with Crippen molar-refractivity contribution in [2.24, 2.45) is 0 Å². The molecule has 0 radical (unpaired) electrons. The number of anilines is 1. The van der Waals surface area contributed by atoms with Gasteiger partial charge < -0.3 is 10.6 Å². The predicted octanol–water partition coefficient (Wildman–Crippen LogP) is 1.59. The van der Waals surface area contributed by atoms with Crippen LogP contribution >= 0.6 is 24.4 Å². The number of fused-ring (bicyclic) bond motifs is 1. The molecular formula is C12H14N4S2. The Bertz CT molecular complexity index is 514. The number of nitrogens with one attached hydrogen (secondary N) is 2. The SMILES string of the molecule is CC1(C)NC(=S)N2C1NC(=S)N2c1ccccc1. The van der Waals surface area contributed by atoms with Crippen molar-refractivity contribution >= 4 is 40.3 Å². The molecule has 0 amide bonds. The molecule has 2 aliphatic heterocycles. The van der Waals surface area contributed by atoms with Gasteiger partial charge in [-0.15, -0.1) is 0 Å². The molecule has 1 aromatic carbocycles. The topological polar surface area (TPSA) is 30.5 Å². The van der Waals surface area contributed by atoms with E-state index in [2.05, 4.69) is 24.5 Å². The molecule has 0 aromatic heterocycles. The summed E-state index contributed by atoms with van der Waals surface area (Å²) in [5, 5.41) is 12.0. The third kappa shape index (κ3) is 1.56. The lowest BCUT2D eigenvalue weighted by Crippen LogP contribution is -2.49. The molecule has 3 rings (SSSR count). The van der Waals surface area contributed by atoms with E-state index in [0.29, 0.717) is 10.2 Å². The number of rotatable bonds is 1. The summed E-state index contributed by atoms with van der Waals surface area (Å²) in [6.45, 7) is 4.21. The molecule has 2 N–H and O–H groups in total. The van der Waals surface area contributed by atoms with Gasteiger partial charge in [0.05, 0.1) is 11.2 Å². The number of nitrogens with zero attached hydrogens (tertiary/aromatic N) is 2. The normalized spacial score (nSPS) is 24.9. The van der Waals surface area contributed by atoms with E-state index in [1.807, 2.05) is 40.3 Å². The van der Waals surface area contributed by atoms with E-state index in [4.69, 9.17) is 24.4 Å². The summed E-state index contributed by atoms with van der Waals surface area (Å²) in [6, 6.07) is 10.00. The summed E-state index contributed by atoms with van der Waals surface area (Å²) in [5.41, 5.74) is 0.865. The molecule has 0 bridgehead atoms. The van der Waals surface area contributed by atoms with Crippen molar-refractivity contribution < 1.29 is 0 Å². The largest absolute Gasteiger partial charge is 0.352 e. The minimum Gasteiger partial charge on any atom is -0.352 e.